The van der Waals surface area contributed by atoms with Gasteiger partial charge in [-0.1, -0.05) is 6.07 Å². The second-order valence-electron chi connectivity index (χ2n) is 7.26. The first-order valence-electron chi connectivity index (χ1n) is 9.56. The van der Waals surface area contributed by atoms with Crippen LogP contribution in [-0.2, 0) is 6.18 Å². The molecule has 156 valence electrons. The van der Waals surface area contributed by atoms with Gasteiger partial charge in [0.2, 0.25) is 0 Å². The van der Waals surface area contributed by atoms with Crippen molar-refractivity contribution >= 4 is 28.7 Å². The summed E-state index contributed by atoms with van der Waals surface area (Å²) < 4.78 is 40.9. The van der Waals surface area contributed by atoms with Gasteiger partial charge in [0, 0.05) is 48.9 Å². The van der Waals surface area contributed by atoms with E-state index in [0.29, 0.717) is 10.5 Å². The van der Waals surface area contributed by atoms with E-state index >= 15 is 0 Å². The van der Waals surface area contributed by atoms with Crippen molar-refractivity contribution in [1.29, 1.82) is 5.26 Å². The van der Waals surface area contributed by atoms with E-state index in [2.05, 4.69) is 25.2 Å². The zero-order valence-electron chi connectivity index (χ0n) is 16.3. The number of alkyl halides is 3. The summed E-state index contributed by atoms with van der Waals surface area (Å²) in [5.41, 5.74) is 1.52. The van der Waals surface area contributed by atoms with Crippen molar-refractivity contribution in [2.24, 2.45) is 0 Å². The fourth-order valence-electron chi connectivity index (χ4n) is 3.84. The lowest BCUT2D eigenvalue weighted by molar-refractivity contribution is -0.137. The van der Waals surface area contributed by atoms with E-state index in [1.54, 1.807) is 12.3 Å². The third kappa shape index (κ3) is 4.11. The maximum absolute atomic E-state index is 12.9. The number of H-pyrrole nitrogens is 1. The van der Waals surface area contributed by atoms with Crippen molar-refractivity contribution in [3.63, 3.8) is 0 Å². The first-order chi connectivity index (χ1) is 14.4. The molecule has 1 fully saturated rings. The van der Waals surface area contributed by atoms with Crippen molar-refractivity contribution in [3.8, 4) is 6.07 Å². The number of hydrogen-bond acceptors (Lipinski definition) is 5. The summed E-state index contributed by atoms with van der Waals surface area (Å²) in [6, 6.07) is 9.83. The molecule has 0 saturated carbocycles. The van der Waals surface area contributed by atoms with Gasteiger partial charge in [0.25, 0.3) is 0 Å². The molecule has 0 spiro atoms. The largest absolute Gasteiger partial charge is 0.416 e. The summed E-state index contributed by atoms with van der Waals surface area (Å²) in [4.78, 5) is 10.1. The molecule has 0 radical (unpaired) electrons. The highest BCUT2D eigenvalue weighted by atomic mass is 32.2. The van der Waals surface area contributed by atoms with Gasteiger partial charge in [0.15, 0.2) is 0 Å². The van der Waals surface area contributed by atoms with Gasteiger partial charge in [-0.15, -0.1) is 0 Å². The highest BCUT2D eigenvalue weighted by Gasteiger charge is 2.31. The van der Waals surface area contributed by atoms with Gasteiger partial charge in [0.05, 0.1) is 16.8 Å². The van der Waals surface area contributed by atoms with Gasteiger partial charge < -0.3 is 9.88 Å². The van der Waals surface area contributed by atoms with E-state index in [1.165, 1.54) is 24.1 Å². The zero-order valence-corrected chi connectivity index (χ0v) is 17.1. The summed E-state index contributed by atoms with van der Waals surface area (Å²) in [5, 5.41) is 10.4. The number of aromatic amines is 1. The molecule has 1 aliphatic rings. The van der Waals surface area contributed by atoms with Gasteiger partial charge in [-0.2, -0.15) is 18.4 Å². The number of fused-ring (bicyclic) bond motifs is 1. The molecule has 0 amide bonds. The van der Waals surface area contributed by atoms with Crippen LogP contribution in [0.15, 0.2) is 47.6 Å². The van der Waals surface area contributed by atoms with Crippen LogP contribution in [0, 0.1) is 11.3 Å². The number of hydrogen-bond donors (Lipinski definition) is 1. The van der Waals surface area contributed by atoms with Crippen molar-refractivity contribution in [1.82, 2.24) is 14.3 Å². The SMILES string of the molecule is CN(c1c(C#N)cnc2[nH]ccc12)C1CCN(Sc2cccc(C(F)(F)F)c2)CC1. The average molecular weight is 431 g/mol. The molecule has 9 heteroatoms. The molecule has 3 aromatic rings. The van der Waals surface area contributed by atoms with Crippen LogP contribution < -0.4 is 4.90 Å². The summed E-state index contributed by atoms with van der Waals surface area (Å²) in [5.74, 6) is 0. The molecule has 1 aromatic carbocycles. The van der Waals surface area contributed by atoms with Crippen LogP contribution in [0.3, 0.4) is 0 Å². The Morgan fingerprint density at radius 2 is 2.03 bits per heavy atom. The predicted molar refractivity (Wildman–Crippen MR) is 111 cm³/mol. The van der Waals surface area contributed by atoms with Crippen LogP contribution in [0.5, 0.6) is 0 Å². The fourth-order valence-corrected chi connectivity index (χ4v) is 4.85. The van der Waals surface area contributed by atoms with E-state index in [0.717, 1.165) is 48.7 Å². The average Bonchev–Trinajstić information content (AvgIpc) is 3.21. The molecular formula is C21H20F3N5S. The highest BCUT2D eigenvalue weighted by Crippen LogP contribution is 2.35. The summed E-state index contributed by atoms with van der Waals surface area (Å²) >= 11 is 1.36. The third-order valence-electron chi connectivity index (χ3n) is 5.40. The second kappa shape index (κ2) is 8.20. The van der Waals surface area contributed by atoms with Gasteiger partial charge in [0.1, 0.15) is 11.7 Å². The molecule has 0 aliphatic carbocycles. The van der Waals surface area contributed by atoms with E-state index in [-0.39, 0.29) is 6.04 Å². The lowest BCUT2D eigenvalue weighted by Gasteiger charge is -2.37. The molecule has 0 unspecified atom stereocenters. The van der Waals surface area contributed by atoms with E-state index in [9.17, 15) is 18.4 Å². The Kier molecular flexibility index (Phi) is 5.62. The Hall–Kier alpha value is -2.70. The monoisotopic (exact) mass is 431 g/mol. The van der Waals surface area contributed by atoms with Gasteiger partial charge in [-0.05, 0) is 49.1 Å². The van der Waals surface area contributed by atoms with Crippen molar-refractivity contribution in [2.75, 3.05) is 25.0 Å². The standard InChI is InChI=1S/C21H20F3N5S/c1-28(19-14(12-25)13-27-20-18(19)5-8-26-20)16-6-9-29(10-7-16)30-17-4-2-3-15(11-17)21(22,23)24/h2-5,8,11,13,16H,6-7,9-10H2,1H3,(H,26,27). The summed E-state index contributed by atoms with van der Waals surface area (Å²) in [7, 11) is 1.99. The number of piperidine rings is 1. The number of pyridine rings is 1. The van der Waals surface area contributed by atoms with Crippen LogP contribution in [0.2, 0.25) is 0 Å². The number of rotatable bonds is 4. The maximum atomic E-state index is 12.9. The number of nitrogens with one attached hydrogen (secondary N) is 1. The minimum absolute atomic E-state index is 0.232. The maximum Gasteiger partial charge on any atom is 0.416 e. The third-order valence-corrected chi connectivity index (χ3v) is 6.49. The molecule has 1 N–H and O–H groups in total. The Morgan fingerprint density at radius 1 is 1.27 bits per heavy atom. The van der Waals surface area contributed by atoms with Crippen LogP contribution in [-0.4, -0.2) is 40.5 Å². The number of halogens is 3. The molecular weight excluding hydrogens is 411 g/mol. The second-order valence-corrected chi connectivity index (χ2v) is 8.43. The number of nitriles is 1. The molecule has 0 bridgehead atoms. The van der Waals surface area contributed by atoms with Gasteiger partial charge in [-0.3, -0.25) is 0 Å². The van der Waals surface area contributed by atoms with Crippen LogP contribution in [0.4, 0.5) is 18.9 Å². The quantitative estimate of drug-likeness (QED) is 0.585. The Balaban J connectivity index is 1.44. The molecule has 1 saturated heterocycles. The smallest absolute Gasteiger partial charge is 0.370 e. The molecule has 3 heterocycles. The topological polar surface area (TPSA) is 59.0 Å². The minimum Gasteiger partial charge on any atom is -0.370 e. The summed E-state index contributed by atoms with van der Waals surface area (Å²) in [6.07, 6.45) is 0.760. The minimum atomic E-state index is -4.33. The first-order valence-corrected chi connectivity index (χ1v) is 10.3. The number of aromatic nitrogens is 2. The molecule has 4 rings (SSSR count). The van der Waals surface area contributed by atoms with E-state index < -0.39 is 11.7 Å². The predicted octanol–water partition coefficient (Wildman–Crippen LogP) is 5.06. The van der Waals surface area contributed by atoms with Crippen LogP contribution in [0.1, 0.15) is 24.0 Å². The first kappa shape index (κ1) is 20.6. The number of benzene rings is 1. The normalized spacial score (nSPS) is 16.0. The fraction of sp³-hybridized carbons (Fsp3) is 0.333. The van der Waals surface area contributed by atoms with Gasteiger partial charge >= 0.3 is 6.18 Å². The Bertz CT molecular complexity index is 1080. The van der Waals surface area contributed by atoms with Crippen molar-refractivity contribution in [2.45, 2.75) is 30.0 Å². The zero-order chi connectivity index (χ0) is 21.3. The number of anilines is 1. The van der Waals surface area contributed by atoms with Crippen molar-refractivity contribution in [3.05, 3.63) is 53.9 Å². The van der Waals surface area contributed by atoms with Gasteiger partial charge in [-0.25, -0.2) is 9.29 Å². The summed E-state index contributed by atoms with van der Waals surface area (Å²) in [6.45, 7) is 1.50. The number of nitrogens with zero attached hydrogens (tertiary/aromatic N) is 4. The lowest BCUT2D eigenvalue weighted by atomic mass is 10.0. The molecule has 5 nitrogen and oxygen atoms in total. The highest BCUT2D eigenvalue weighted by molar-refractivity contribution is 7.97. The van der Waals surface area contributed by atoms with E-state index in [1.807, 2.05) is 19.3 Å². The molecule has 30 heavy (non-hydrogen) atoms. The Morgan fingerprint density at radius 3 is 2.73 bits per heavy atom. The molecule has 1 aliphatic heterocycles. The van der Waals surface area contributed by atoms with Crippen molar-refractivity contribution < 1.29 is 13.2 Å². The molecule has 0 atom stereocenters. The lowest BCUT2D eigenvalue weighted by Crippen LogP contribution is -2.41. The Labute approximate surface area is 176 Å². The molecule has 2 aromatic heterocycles. The van der Waals surface area contributed by atoms with Crippen LogP contribution in [0.25, 0.3) is 11.0 Å². The van der Waals surface area contributed by atoms with E-state index in [4.69, 9.17) is 0 Å². The van der Waals surface area contributed by atoms with Crippen LogP contribution >= 0.6 is 11.9 Å².